The Hall–Kier alpha value is -3.76. The number of carboxylic acids is 1. The zero-order valence-electron chi connectivity index (χ0n) is 19.4. The fourth-order valence-electron chi connectivity index (χ4n) is 4.61. The normalized spacial score (nSPS) is 19.2. The molecule has 36 heavy (non-hydrogen) atoms. The Balaban J connectivity index is 1.29. The second-order valence-electron chi connectivity index (χ2n) is 9.10. The van der Waals surface area contributed by atoms with Crippen molar-refractivity contribution in [2.24, 2.45) is 5.92 Å². The minimum absolute atomic E-state index is 0.125. The minimum Gasteiger partial charge on any atom is -0.481 e. The molecule has 3 amide bonds. The molecule has 1 fully saturated rings. The average Bonchev–Trinajstić information content (AvgIpc) is 2.83. The number of ether oxygens (including phenoxy) is 1. The number of rotatable bonds is 5. The summed E-state index contributed by atoms with van der Waals surface area (Å²) >= 11 is 0. The van der Waals surface area contributed by atoms with Gasteiger partial charge in [-0.05, 0) is 61.3 Å². The van der Waals surface area contributed by atoms with Gasteiger partial charge in [0.2, 0.25) is 0 Å². The molecule has 1 aliphatic carbocycles. The lowest BCUT2D eigenvalue weighted by Crippen LogP contribution is -2.39. The lowest BCUT2D eigenvalue weighted by molar-refractivity contribution is -0.138. The van der Waals surface area contributed by atoms with Crippen molar-refractivity contribution in [3.8, 4) is 0 Å². The van der Waals surface area contributed by atoms with Gasteiger partial charge in [0.1, 0.15) is 11.9 Å². The van der Waals surface area contributed by atoms with Crippen molar-refractivity contribution in [1.82, 2.24) is 4.90 Å². The van der Waals surface area contributed by atoms with E-state index in [1.165, 1.54) is 0 Å². The second-order valence-corrected chi connectivity index (χ2v) is 9.10. The van der Waals surface area contributed by atoms with Gasteiger partial charge in [0, 0.05) is 37.3 Å². The Kier molecular flexibility index (Phi) is 7.66. The number of halogens is 3. The first-order valence-electron chi connectivity index (χ1n) is 11.7. The van der Waals surface area contributed by atoms with Crippen LogP contribution in [-0.2, 0) is 22.5 Å². The zero-order valence-corrected chi connectivity index (χ0v) is 19.4. The largest absolute Gasteiger partial charge is 0.481 e. The fraction of sp³-hybridized carbons (Fsp3) is 0.400. The lowest BCUT2D eigenvalue weighted by atomic mass is 9.85. The van der Waals surface area contributed by atoms with Crippen LogP contribution in [0.4, 0.5) is 34.1 Å². The summed E-state index contributed by atoms with van der Waals surface area (Å²) in [6, 6.07) is 5.22. The van der Waals surface area contributed by atoms with Crippen LogP contribution in [-0.4, -0.2) is 40.7 Å². The van der Waals surface area contributed by atoms with E-state index < -0.39 is 41.2 Å². The number of fused-ring (bicyclic) bond motifs is 1. The Bertz CT molecular complexity index is 1170. The third-order valence-electron chi connectivity index (χ3n) is 6.52. The molecule has 0 saturated heterocycles. The van der Waals surface area contributed by atoms with Crippen LogP contribution in [0, 0.1) is 23.4 Å². The number of benzene rings is 2. The number of urea groups is 1. The molecule has 192 valence electrons. The number of nitrogens with one attached hydrogen (secondary N) is 2. The van der Waals surface area contributed by atoms with Gasteiger partial charge in [-0.3, -0.25) is 4.79 Å². The van der Waals surface area contributed by atoms with Crippen LogP contribution in [0.5, 0.6) is 0 Å². The molecule has 8 nitrogen and oxygen atoms in total. The highest BCUT2D eigenvalue weighted by Gasteiger charge is 2.28. The number of hydrogen-bond acceptors (Lipinski definition) is 4. The molecule has 0 bridgehead atoms. The van der Waals surface area contributed by atoms with Gasteiger partial charge in [0.15, 0.2) is 11.6 Å². The highest BCUT2D eigenvalue weighted by molar-refractivity contribution is 5.99. The third-order valence-corrected chi connectivity index (χ3v) is 6.52. The molecular formula is C25H26F3N3O5. The molecule has 4 rings (SSSR count). The van der Waals surface area contributed by atoms with Gasteiger partial charge in [-0.25, -0.2) is 22.8 Å². The van der Waals surface area contributed by atoms with E-state index in [2.05, 4.69) is 10.6 Å². The molecule has 1 saturated carbocycles. The molecule has 11 heteroatoms. The molecule has 2 aromatic carbocycles. The van der Waals surface area contributed by atoms with E-state index in [0.717, 1.165) is 24.0 Å². The molecule has 2 aromatic rings. The molecule has 0 aromatic heterocycles. The lowest BCUT2D eigenvalue weighted by Gasteiger charge is -2.32. The van der Waals surface area contributed by atoms with Crippen LogP contribution in [0.3, 0.4) is 0 Å². The summed E-state index contributed by atoms with van der Waals surface area (Å²) in [5.74, 6) is -4.42. The van der Waals surface area contributed by atoms with E-state index in [9.17, 15) is 27.6 Å². The SMILES string of the molecule is O=C(O)C[C@H]1CC[C@H](OC(=O)N2CCc3cc(NC(=O)Nc4cc(F)c(F)cc4F)ccc3C2)CC1. The van der Waals surface area contributed by atoms with Crippen molar-refractivity contribution in [1.29, 1.82) is 0 Å². The number of amides is 3. The summed E-state index contributed by atoms with van der Waals surface area (Å²) in [5, 5.41) is 13.6. The van der Waals surface area contributed by atoms with Gasteiger partial charge in [0.25, 0.3) is 0 Å². The number of carboxylic acid groups (broad SMARTS) is 1. The van der Waals surface area contributed by atoms with Gasteiger partial charge in [0.05, 0.1) is 5.69 Å². The first-order chi connectivity index (χ1) is 17.2. The summed E-state index contributed by atoms with van der Waals surface area (Å²) in [7, 11) is 0. The number of aliphatic carboxylic acids is 1. The Morgan fingerprint density at radius 3 is 2.39 bits per heavy atom. The van der Waals surface area contributed by atoms with Crippen LogP contribution in [0.1, 0.15) is 43.2 Å². The average molecular weight is 505 g/mol. The standard InChI is InChI=1S/C25H26F3N3O5/c26-19-11-21(28)22(12-20(19)27)30-24(34)29-17-4-3-16-13-31(8-7-15(16)10-17)25(35)36-18-5-1-14(2-6-18)9-23(32)33/h3-4,10-12,14,18H,1-2,5-9,13H2,(H,32,33)(H2,29,30,34)/t14-,18-. The summed E-state index contributed by atoms with van der Waals surface area (Å²) in [4.78, 5) is 37.3. The monoisotopic (exact) mass is 505 g/mol. The maximum absolute atomic E-state index is 13.8. The second kappa shape index (κ2) is 10.9. The van der Waals surface area contributed by atoms with Crippen LogP contribution >= 0.6 is 0 Å². The highest BCUT2D eigenvalue weighted by atomic mass is 19.2. The van der Waals surface area contributed by atoms with E-state index in [4.69, 9.17) is 9.84 Å². The van der Waals surface area contributed by atoms with E-state index in [1.807, 2.05) is 0 Å². The number of nitrogens with zero attached hydrogens (tertiary/aromatic N) is 1. The smallest absolute Gasteiger partial charge is 0.410 e. The summed E-state index contributed by atoms with van der Waals surface area (Å²) in [6.45, 7) is 0.769. The van der Waals surface area contributed by atoms with Crippen molar-refractivity contribution in [3.63, 3.8) is 0 Å². The van der Waals surface area contributed by atoms with E-state index in [1.54, 1.807) is 23.1 Å². The Morgan fingerprint density at radius 1 is 0.944 bits per heavy atom. The maximum Gasteiger partial charge on any atom is 0.410 e. The van der Waals surface area contributed by atoms with Gasteiger partial charge in [-0.2, -0.15) is 0 Å². The van der Waals surface area contributed by atoms with E-state index >= 15 is 0 Å². The van der Waals surface area contributed by atoms with Gasteiger partial charge < -0.3 is 25.4 Å². The van der Waals surface area contributed by atoms with Gasteiger partial charge in [-0.15, -0.1) is 0 Å². The molecule has 0 unspecified atom stereocenters. The molecule has 0 spiro atoms. The van der Waals surface area contributed by atoms with Crippen molar-refractivity contribution >= 4 is 29.5 Å². The zero-order chi connectivity index (χ0) is 25.8. The molecular weight excluding hydrogens is 479 g/mol. The number of carbonyl (C=O) groups excluding carboxylic acids is 2. The van der Waals surface area contributed by atoms with Crippen LogP contribution in [0.25, 0.3) is 0 Å². The summed E-state index contributed by atoms with van der Waals surface area (Å²) in [6.07, 6.45) is 2.80. The first kappa shape index (κ1) is 25.3. The molecule has 2 aliphatic rings. The Morgan fingerprint density at radius 2 is 1.67 bits per heavy atom. The fourth-order valence-corrected chi connectivity index (χ4v) is 4.61. The topological polar surface area (TPSA) is 108 Å². The van der Waals surface area contributed by atoms with E-state index in [0.29, 0.717) is 50.2 Å². The van der Waals surface area contributed by atoms with Gasteiger partial charge in [-0.1, -0.05) is 6.07 Å². The van der Waals surface area contributed by atoms with Crippen LogP contribution in [0.15, 0.2) is 30.3 Å². The summed E-state index contributed by atoms with van der Waals surface area (Å²) in [5.41, 5.74) is 1.74. The first-order valence-corrected chi connectivity index (χ1v) is 11.7. The molecule has 1 heterocycles. The minimum atomic E-state index is -1.35. The quantitative estimate of drug-likeness (QED) is 0.480. The van der Waals surface area contributed by atoms with Crippen molar-refractivity contribution in [3.05, 3.63) is 58.9 Å². The molecule has 3 N–H and O–H groups in total. The molecule has 0 radical (unpaired) electrons. The predicted octanol–water partition coefficient (Wildman–Crippen LogP) is 5.28. The maximum atomic E-state index is 13.8. The third kappa shape index (κ3) is 6.27. The molecule has 0 atom stereocenters. The Labute approximate surface area is 205 Å². The number of carbonyl (C=O) groups is 3. The number of hydrogen-bond donors (Lipinski definition) is 3. The van der Waals surface area contributed by atoms with Crippen LogP contribution in [0.2, 0.25) is 0 Å². The number of anilines is 2. The highest BCUT2D eigenvalue weighted by Crippen LogP contribution is 2.30. The molecule has 1 aliphatic heterocycles. The predicted molar refractivity (Wildman–Crippen MR) is 124 cm³/mol. The van der Waals surface area contributed by atoms with E-state index in [-0.39, 0.29) is 18.4 Å². The van der Waals surface area contributed by atoms with Crippen LogP contribution < -0.4 is 10.6 Å². The van der Waals surface area contributed by atoms with Gasteiger partial charge >= 0.3 is 18.1 Å². The van der Waals surface area contributed by atoms with Crippen molar-refractivity contribution in [2.45, 2.75) is 51.2 Å². The summed E-state index contributed by atoms with van der Waals surface area (Å²) < 4.78 is 45.8. The van der Waals surface area contributed by atoms with Crippen molar-refractivity contribution in [2.75, 3.05) is 17.2 Å². The van der Waals surface area contributed by atoms with Crippen molar-refractivity contribution < 1.29 is 37.4 Å².